The third kappa shape index (κ3) is 5.02. The van der Waals surface area contributed by atoms with E-state index in [1.165, 1.54) is 44.9 Å². The van der Waals surface area contributed by atoms with E-state index in [-0.39, 0.29) is 12.7 Å². The van der Waals surface area contributed by atoms with Crippen molar-refractivity contribution in [2.24, 2.45) is 18.9 Å². The SMILES string of the molecule is Cc1nc(-c2cnn(C)c2COC(=O)N(C)C(C2CC2)C2CC2)ccc1OC1CCCCC1. The molecule has 0 bridgehead atoms. The molecule has 7 nitrogen and oxygen atoms in total. The molecular formula is C26H36N4O3. The van der Waals surface area contributed by atoms with Gasteiger partial charge in [0.1, 0.15) is 12.4 Å². The molecule has 178 valence electrons. The standard InChI is InChI=1S/C26H36N4O3/c1-17-24(33-20-7-5-4-6-8-20)14-13-22(28-17)21-15-27-30(3)23(21)16-32-26(31)29(2)25(18-9-10-18)19-11-12-19/h13-15,18-20,25H,4-12,16H2,1-3H3. The van der Waals surface area contributed by atoms with Gasteiger partial charge in [0.15, 0.2) is 0 Å². The van der Waals surface area contributed by atoms with E-state index in [0.717, 1.165) is 41.2 Å². The minimum absolute atomic E-state index is 0.179. The molecule has 0 radical (unpaired) electrons. The van der Waals surface area contributed by atoms with Gasteiger partial charge in [-0.3, -0.25) is 4.68 Å². The van der Waals surface area contributed by atoms with E-state index in [2.05, 4.69) is 5.10 Å². The van der Waals surface area contributed by atoms with Gasteiger partial charge in [-0.2, -0.15) is 5.10 Å². The third-order valence-electron chi connectivity index (χ3n) is 7.50. The van der Waals surface area contributed by atoms with E-state index in [4.69, 9.17) is 14.5 Å². The lowest BCUT2D eigenvalue weighted by molar-refractivity contribution is 0.0808. The molecule has 2 aromatic heterocycles. The summed E-state index contributed by atoms with van der Waals surface area (Å²) in [5.74, 6) is 2.17. The van der Waals surface area contributed by atoms with Gasteiger partial charge < -0.3 is 14.4 Å². The molecule has 0 aliphatic heterocycles. The Morgan fingerprint density at radius 3 is 2.45 bits per heavy atom. The van der Waals surface area contributed by atoms with E-state index in [1.54, 1.807) is 10.9 Å². The highest BCUT2D eigenvalue weighted by atomic mass is 16.6. The van der Waals surface area contributed by atoms with Crippen molar-refractivity contribution >= 4 is 6.09 Å². The number of rotatable bonds is 8. The Hall–Kier alpha value is -2.57. The zero-order valence-corrected chi connectivity index (χ0v) is 20.1. The zero-order chi connectivity index (χ0) is 22.9. The molecule has 3 fully saturated rings. The van der Waals surface area contributed by atoms with E-state index < -0.39 is 0 Å². The summed E-state index contributed by atoms with van der Waals surface area (Å²) in [6, 6.07) is 4.33. The number of aryl methyl sites for hydroxylation is 2. The Morgan fingerprint density at radius 2 is 1.82 bits per heavy atom. The van der Waals surface area contributed by atoms with Crippen LogP contribution in [-0.2, 0) is 18.4 Å². The lowest BCUT2D eigenvalue weighted by Crippen LogP contribution is -2.40. The number of hydrogen-bond donors (Lipinski definition) is 0. The predicted octanol–water partition coefficient (Wildman–Crippen LogP) is 5.26. The molecule has 2 aromatic rings. The van der Waals surface area contributed by atoms with Crippen LogP contribution in [0.15, 0.2) is 18.3 Å². The molecule has 5 rings (SSSR count). The molecule has 3 saturated carbocycles. The van der Waals surface area contributed by atoms with Crippen molar-refractivity contribution in [2.75, 3.05) is 7.05 Å². The summed E-state index contributed by atoms with van der Waals surface area (Å²) < 4.78 is 13.8. The smallest absolute Gasteiger partial charge is 0.410 e. The molecular weight excluding hydrogens is 416 g/mol. The summed E-state index contributed by atoms with van der Waals surface area (Å²) in [6.07, 6.45) is 12.8. The number of amides is 1. The van der Waals surface area contributed by atoms with E-state index in [0.29, 0.717) is 24.0 Å². The van der Waals surface area contributed by atoms with Crippen LogP contribution in [0.3, 0.4) is 0 Å². The maximum Gasteiger partial charge on any atom is 0.410 e. The van der Waals surface area contributed by atoms with Crippen LogP contribution >= 0.6 is 0 Å². The van der Waals surface area contributed by atoms with Gasteiger partial charge in [0, 0.05) is 25.7 Å². The quantitative estimate of drug-likeness (QED) is 0.546. The second-order valence-corrected chi connectivity index (χ2v) is 10.1. The summed E-state index contributed by atoms with van der Waals surface area (Å²) in [5.41, 5.74) is 3.44. The number of ether oxygens (including phenoxy) is 2. The van der Waals surface area contributed by atoms with Gasteiger partial charge in [-0.05, 0) is 82.3 Å². The molecule has 33 heavy (non-hydrogen) atoms. The predicted molar refractivity (Wildman–Crippen MR) is 126 cm³/mol. The monoisotopic (exact) mass is 452 g/mol. The van der Waals surface area contributed by atoms with Crippen molar-refractivity contribution in [1.29, 1.82) is 0 Å². The highest BCUT2D eigenvalue weighted by Gasteiger charge is 2.45. The first kappa shape index (κ1) is 22.2. The van der Waals surface area contributed by atoms with Crippen LogP contribution < -0.4 is 4.74 Å². The molecule has 1 amide bonds. The minimum Gasteiger partial charge on any atom is -0.489 e. The van der Waals surface area contributed by atoms with Gasteiger partial charge in [-0.15, -0.1) is 0 Å². The summed E-state index contributed by atoms with van der Waals surface area (Å²) >= 11 is 0. The number of pyridine rings is 1. The van der Waals surface area contributed by atoms with Crippen molar-refractivity contribution in [3.63, 3.8) is 0 Å². The second-order valence-electron chi connectivity index (χ2n) is 10.1. The molecule has 7 heteroatoms. The molecule has 0 N–H and O–H groups in total. The number of carbonyl (C=O) groups excluding carboxylic acids is 1. The Bertz CT molecular complexity index is 977. The fraction of sp³-hybridized carbons (Fsp3) is 0.654. The van der Waals surface area contributed by atoms with E-state index >= 15 is 0 Å². The maximum atomic E-state index is 12.8. The van der Waals surface area contributed by atoms with Crippen LogP contribution in [0.5, 0.6) is 5.75 Å². The molecule has 3 aliphatic carbocycles. The number of aromatic nitrogens is 3. The normalized spacial score (nSPS) is 19.0. The Kier molecular flexibility index (Phi) is 6.30. The maximum absolute atomic E-state index is 12.8. The van der Waals surface area contributed by atoms with Crippen LogP contribution in [-0.4, -0.2) is 45.0 Å². The van der Waals surface area contributed by atoms with Crippen molar-refractivity contribution < 1.29 is 14.3 Å². The van der Waals surface area contributed by atoms with E-state index in [9.17, 15) is 4.79 Å². The molecule has 3 aliphatic rings. The first-order valence-electron chi connectivity index (χ1n) is 12.6. The van der Waals surface area contributed by atoms with Gasteiger partial charge in [0.05, 0.1) is 29.4 Å². The Morgan fingerprint density at radius 1 is 1.12 bits per heavy atom. The fourth-order valence-electron chi connectivity index (χ4n) is 5.28. The lowest BCUT2D eigenvalue weighted by Gasteiger charge is -2.27. The molecule has 0 spiro atoms. The Labute approximate surface area is 196 Å². The van der Waals surface area contributed by atoms with Crippen LogP contribution in [0, 0.1) is 18.8 Å². The number of hydrogen-bond acceptors (Lipinski definition) is 5. The molecule has 0 saturated heterocycles. The third-order valence-corrected chi connectivity index (χ3v) is 7.50. The zero-order valence-electron chi connectivity index (χ0n) is 20.1. The molecule has 0 unspecified atom stereocenters. The van der Waals surface area contributed by atoms with Crippen molar-refractivity contribution in [2.45, 2.75) is 83.5 Å². The summed E-state index contributed by atoms with van der Waals surface area (Å²) in [4.78, 5) is 19.5. The first-order chi connectivity index (χ1) is 16.0. The van der Waals surface area contributed by atoms with Crippen molar-refractivity contribution in [1.82, 2.24) is 19.7 Å². The minimum atomic E-state index is -0.244. The van der Waals surface area contributed by atoms with Crippen molar-refractivity contribution in [3.8, 4) is 17.0 Å². The molecule has 0 atom stereocenters. The molecule has 2 heterocycles. The van der Waals surface area contributed by atoms with Crippen LogP contribution in [0.25, 0.3) is 11.3 Å². The summed E-state index contributed by atoms with van der Waals surface area (Å²) in [5, 5.41) is 4.41. The average molecular weight is 453 g/mol. The highest BCUT2D eigenvalue weighted by Crippen LogP contribution is 2.47. The van der Waals surface area contributed by atoms with Crippen LogP contribution in [0.4, 0.5) is 4.79 Å². The second kappa shape index (κ2) is 9.35. The number of carbonyl (C=O) groups is 1. The van der Waals surface area contributed by atoms with Gasteiger partial charge in [0.2, 0.25) is 0 Å². The summed E-state index contributed by atoms with van der Waals surface area (Å²) in [6.45, 7) is 2.17. The lowest BCUT2D eigenvalue weighted by atomic mass is 9.98. The van der Waals surface area contributed by atoms with Crippen LogP contribution in [0.2, 0.25) is 0 Å². The topological polar surface area (TPSA) is 69.5 Å². The van der Waals surface area contributed by atoms with Crippen LogP contribution in [0.1, 0.15) is 69.2 Å². The van der Waals surface area contributed by atoms with Gasteiger partial charge in [-0.1, -0.05) is 6.42 Å². The first-order valence-corrected chi connectivity index (χ1v) is 12.6. The van der Waals surface area contributed by atoms with Gasteiger partial charge >= 0.3 is 6.09 Å². The fourth-order valence-corrected chi connectivity index (χ4v) is 5.28. The Balaban J connectivity index is 1.26. The number of nitrogens with zero attached hydrogens (tertiary/aromatic N) is 4. The largest absolute Gasteiger partial charge is 0.489 e. The average Bonchev–Trinajstić information content (AvgIpc) is 3.75. The van der Waals surface area contributed by atoms with Gasteiger partial charge in [-0.25, -0.2) is 9.78 Å². The van der Waals surface area contributed by atoms with E-state index in [1.807, 2.05) is 38.1 Å². The highest BCUT2D eigenvalue weighted by molar-refractivity contribution is 5.68. The van der Waals surface area contributed by atoms with Crippen molar-refractivity contribution in [3.05, 3.63) is 29.7 Å². The summed E-state index contributed by atoms with van der Waals surface area (Å²) in [7, 11) is 3.77. The van der Waals surface area contributed by atoms with Gasteiger partial charge in [0.25, 0.3) is 0 Å². The molecule has 0 aromatic carbocycles.